The van der Waals surface area contributed by atoms with E-state index >= 15 is 0 Å². The van der Waals surface area contributed by atoms with Crippen LogP contribution in [0.1, 0.15) is 52.7 Å². The van der Waals surface area contributed by atoms with Gasteiger partial charge in [-0.1, -0.05) is 24.6 Å². The van der Waals surface area contributed by atoms with Crippen molar-refractivity contribution in [2.45, 2.75) is 57.3 Å². The van der Waals surface area contributed by atoms with Crippen LogP contribution in [0.5, 0.6) is 0 Å². The minimum absolute atomic E-state index is 0.192. The zero-order chi connectivity index (χ0) is 21.2. The summed E-state index contributed by atoms with van der Waals surface area (Å²) in [7, 11) is 0. The number of alkyl halides is 1. The molecular weight excluding hydrogens is 393 g/mol. The number of aromatic nitrogens is 2. The van der Waals surface area contributed by atoms with E-state index in [-0.39, 0.29) is 5.91 Å². The predicted octanol–water partition coefficient (Wildman–Crippen LogP) is 2.91. The minimum atomic E-state index is -0.825. The Morgan fingerprint density at radius 2 is 1.84 bits per heavy atom. The second-order valence-corrected chi connectivity index (χ2v) is 9.01. The number of amides is 1. The lowest BCUT2D eigenvalue weighted by Gasteiger charge is -2.36. The van der Waals surface area contributed by atoms with Crippen molar-refractivity contribution in [3.05, 3.63) is 52.8 Å². The molecule has 0 unspecified atom stereocenters. The fourth-order valence-electron chi connectivity index (χ4n) is 4.81. The van der Waals surface area contributed by atoms with E-state index in [4.69, 9.17) is 0 Å². The Hall–Kier alpha value is -2.54. The summed E-state index contributed by atoms with van der Waals surface area (Å²) < 4.78 is 13.4. The lowest BCUT2D eigenvalue weighted by molar-refractivity contribution is 0.0950. The van der Waals surface area contributed by atoms with Gasteiger partial charge in [-0.15, -0.1) is 0 Å². The summed E-state index contributed by atoms with van der Waals surface area (Å²) in [5.74, 6) is 0.292. The second kappa shape index (κ2) is 8.91. The van der Waals surface area contributed by atoms with Gasteiger partial charge in [0.05, 0.1) is 12.1 Å². The first-order valence-corrected chi connectivity index (χ1v) is 11.5. The Balaban J connectivity index is 1.17. The third-order valence-electron chi connectivity index (χ3n) is 6.97. The molecule has 0 bridgehead atoms. The highest BCUT2D eigenvalue weighted by Gasteiger charge is 2.26. The van der Waals surface area contributed by atoms with Crippen LogP contribution < -0.4 is 10.2 Å². The van der Waals surface area contributed by atoms with E-state index in [0.29, 0.717) is 37.6 Å². The average Bonchev–Trinajstić information content (AvgIpc) is 3.09. The molecule has 5 rings (SSSR count). The number of carbonyl (C=O) groups is 1. The summed E-state index contributed by atoms with van der Waals surface area (Å²) in [6.07, 6.45) is 9.01. The van der Waals surface area contributed by atoms with Crippen LogP contribution in [-0.2, 0) is 19.4 Å². The Bertz CT molecular complexity index is 930. The SMILES string of the molecule is O=C(NCc1ccc2c(c1)CCN(C1CCC1)CC2)c1cnc(N2CC[C@H](F)C2)nc1. The van der Waals surface area contributed by atoms with E-state index < -0.39 is 6.17 Å². The van der Waals surface area contributed by atoms with E-state index in [2.05, 4.69) is 38.4 Å². The molecule has 1 N–H and O–H groups in total. The second-order valence-electron chi connectivity index (χ2n) is 9.01. The minimum Gasteiger partial charge on any atom is -0.348 e. The molecule has 1 atom stereocenters. The molecule has 3 heterocycles. The van der Waals surface area contributed by atoms with Gasteiger partial charge in [0, 0.05) is 44.6 Å². The van der Waals surface area contributed by atoms with Crippen LogP contribution in [0, 0.1) is 0 Å². The van der Waals surface area contributed by atoms with Crippen LogP contribution in [0.2, 0.25) is 0 Å². The van der Waals surface area contributed by atoms with Gasteiger partial charge in [0.2, 0.25) is 5.95 Å². The zero-order valence-electron chi connectivity index (χ0n) is 17.9. The first-order chi connectivity index (χ1) is 15.2. The first kappa shape index (κ1) is 20.4. The first-order valence-electron chi connectivity index (χ1n) is 11.5. The summed E-state index contributed by atoms with van der Waals surface area (Å²) in [4.78, 5) is 25.5. The number of benzene rings is 1. The summed E-state index contributed by atoms with van der Waals surface area (Å²) >= 11 is 0. The molecule has 2 aromatic rings. The molecule has 1 amide bonds. The van der Waals surface area contributed by atoms with Crippen LogP contribution in [0.25, 0.3) is 0 Å². The van der Waals surface area contributed by atoms with Gasteiger partial charge in [-0.2, -0.15) is 0 Å². The monoisotopic (exact) mass is 423 g/mol. The van der Waals surface area contributed by atoms with E-state index in [1.54, 1.807) is 0 Å². The quantitative estimate of drug-likeness (QED) is 0.801. The van der Waals surface area contributed by atoms with Gasteiger partial charge >= 0.3 is 0 Å². The van der Waals surface area contributed by atoms with Crippen molar-refractivity contribution in [3.8, 4) is 0 Å². The molecule has 7 heteroatoms. The Labute approximate surface area is 182 Å². The molecule has 164 valence electrons. The number of hydrogen-bond donors (Lipinski definition) is 1. The number of nitrogens with zero attached hydrogens (tertiary/aromatic N) is 4. The van der Waals surface area contributed by atoms with Crippen LogP contribution in [-0.4, -0.2) is 59.2 Å². The molecule has 1 aliphatic carbocycles. The zero-order valence-corrected chi connectivity index (χ0v) is 17.9. The van der Waals surface area contributed by atoms with Crippen molar-refractivity contribution in [2.24, 2.45) is 0 Å². The maximum atomic E-state index is 13.4. The van der Waals surface area contributed by atoms with Gasteiger partial charge in [-0.25, -0.2) is 14.4 Å². The largest absolute Gasteiger partial charge is 0.348 e. The molecule has 1 saturated heterocycles. The Morgan fingerprint density at radius 1 is 1.06 bits per heavy atom. The Kier molecular flexibility index (Phi) is 5.85. The van der Waals surface area contributed by atoms with Crippen molar-refractivity contribution in [1.29, 1.82) is 0 Å². The molecule has 0 spiro atoms. The number of nitrogens with one attached hydrogen (secondary N) is 1. The third kappa shape index (κ3) is 4.56. The highest BCUT2D eigenvalue weighted by Crippen LogP contribution is 2.27. The number of hydrogen-bond acceptors (Lipinski definition) is 5. The highest BCUT2D eigenvalue weighted by molar-refractivity contribution is 5.93. The molecule has 1 saturated carbocycles. The van der Waals surface area contributed by atoms with Crippen LogP contribution >= 0.6 is 0 Å². The predicted molar refractivity (Wildman–Crippen MR) is 118 cm³/mol. The molecule has 2 fully saturated rings. The van der Waals surface area contributed by atoms with Gasteiger partial charge in [-0.3, -0.25) is 9.69 Å². The lowest BCUT2D eigenvalue weighted by Crippen LogP contribution is -2.41. The van der Waals surface area contributed by atoms with Gasteiger partial charge in [0.15, 0.2) is 0 Å². The Morgan fingerprint density at radius 3 is 2.52 bits per heavy atom. The fraction of sp³-hybridized carbons (Fsp3) is 0.542. The standard InChI is InChI=1S/C24H30FN5O/c25-21-8-11-30(16-21)24-27-14-20(15-28-24)23(31)26-13-17-4-5-18-6-9-29(22-2-1-3-22)10-7-19(18)12-17/h4-5,12,14-15,21-22H,1-3,6-11,13,16H2,(H,26,31)/t21-/m0/s1. The van der Waals surface area contributed by atoms with Crippen LogP contribution in [0.3, 0.4) is 0 Å². The number of anilines is 1. The summed E-state index contributed by atoms with van der Waals surface area (Å²) in [5.41, 5.74) is 4.40. The van der Waals surface area contributed by atoms with Gasteiger partial charge in [-0.05, 0) is 48.8 Å². The molecule has 0 radical (unpaired) electrons. The smallest absolute Gasteiger partial charge is 0.254 e. The molecule has 1 aromatic carbocycles. The number of carbonyl (C=O) groups excluding carboxylic acids is 1. The molecule has 6 nitrogen and oxygen atoms in total. The van der Waals surface area contributed by atoms with E-state index in [1.807, 2.05) is 4.90 Å². The van der Waals surface area contributed by atoms with Gasteiger partial charge < -0.3 is 10.2 Å². The highest BCUT2D eigenvalue weighted by atomic mass is 19.1. The van der Waals surface area contributed by atoms with Crippen molar-refractivity contribution >= 4 is 11.9 Å². The molecular formula is C24H30FN5O. The molecule has 2 aliphatic heterocycles. The molecule has 1 aromatic heterocycles. The maximum absolute atomic E-state index is 13.4. The third-order valence-corrected chi connectivity index (χ3v) is 6.97. The fourth-order valence-corrected chi connectivity index (χ4v) is 4.81. The molecule has 3 aliphatic rings. The number of rotatable bonds is 5. The summed E-state index contributed by atoms with van der Waals surface area (Å²) in [6, 6.07) is 7.40. The molecule has 31 heavy (non-hydrogen) atoms. The van der Waals surface area contributed by atoms with Crippen molar-refractivity contribution in [2.75, 3.05) is 31.1 Å². The van der Waals surface area contributed by atoms with Crippen molar-refractivity contribution in [1.82, 2.24) is 20.2 Å². The normalized spacial score (nSPS) is 22.0. The van der Waals surface area contributed by atoms with Gasteiger partial charge in [0.1, 0.15) is 6.17 Å². The maximum Gasteiger partial charge on any atom is 0.254 e. The average molecular weight is 424 g/mol. The van der Waals surface area contributed by atoms with Crippen molar-refractivity contribution in [3.63, 3.8) is 0 Å². The lowest BCUT2D eigenvalue weighted by atomic mass is 9.91. The topological polar surface area (TPSA) is 61.4 Å². The van der Waals surface area contributed by atoms with Gasteiger partial charge in [0.25, 0.3) is 5.91 Å². The van der Waals surface area contributed by atoms with Crippen LogP contribution in [0.15, 0.2) is 30.6 Å². The summed E-state index contributed by atoms with van der Waals surface area (Å²) in [6.45, 7) is 3.71. The van der Waals surface area contributed by atoms with Crippen LogP contribution in [0.4, 0.5) is 10.3 Å². The van der Waals surface area contributed by atoms with E-state index in [0.717, 1.165) is 37.5 Å². The number of halogens is 1. The van der Waals surface area contributed by atoms with E-state index in [1.165, 1.54) is 42.8 Å². The summed E-state index contributed by atoms with van der Waals surface area (Å²) in [5, 5.41) is 2.98. The number of fused-ring (bicyclic) bond motifs is 1. The van der Waals surface area contributed by atoms with E-state index in [9.17, 15) is 9.18 Å². The van der Waals surface area contributed by atoms with Crippen molar-refractivity contribution < 1.29 is 9.18 Å².